The second kappa shape index (κ2) is 9.68. The Labute approximate surface area is 175 Å². The average molecular weight is 413 g/mol. The van der Waals surface area contributed by atoms with Crippen LogP contribution in [0.3, 0.4) is 0 Å². The number of amides is 3. The molecule has 2 atom stereocenters. The van der Waals surface area contributed by atoms with Crippen molar-refractivity contribution in [3.63, 3.8) is 0 Å². The monoisotopic (exact) mass is 413 g/mol. The SMILES string of the molecule is CC(CC(C)C(N)=O)Nc1cnc(C(N)=O)c(Nc2cccc(C(=O)N(C)C)c2)n1. The van der Waals surface area contributed by atoms with Gasteiger partial charge < -0.3 is 27.0 Å². The fourth-order valence-corrected chi connectivity index (χ4v) is 2.81. The number of carbonyl (C=O) groups excluding carboxylic acids is 3. The molecule has 1 aromatic carbocycles. The summed E-state index contributed by atoms with van der Waals surface area (Å²) in [6.45, 7) is 3.63. The van der Waals surface area contributed by atoms with E-state index in [4.69, 9.17) is 11.5 Å². The molecule has 30 heavy (non-hydrogen) atoms. The smallest absolute Gasteiger partial charge is 0.271 e. The van der Waals surface area contributed by atoms with E-state index in [-0.39, 0.29) is 35.3 Å². The number of nitrogens with one attached hydrogen (secondary N) is 2. The first-order valence-electron chi connectivity index (χ1n) is 9.40. The van der Waals surface area contributed by atoms with Gasteiger partial charge in [-0.1, -0.05) is 13.0 Å². The molecule has 0 aliphatic carbocycles. The number of anilines is 3. The van der Waals surface area contributed by atoms with Crippen LogP contribution in [0.5, 0.6) is 0 Å². The molecule has 3 amide bonds. The van der Waals surface area contributed by atoms with Gasteiger partial charge in [-0.15, -0.1) is 0 Å². The molecule has 2 rings (SSSR count). The lowest BCUT2D eigenvalue weighted by Crippen LogP contribution is -2.27. The summed E-state index contributed by atoms with van der Waals surface area (Å²) < 4.78 is 0. The summed E-state index contributed by atoms with van der Waals surface area (Å²) in [7, 11) is 3.32. The Kier molecular flexibility index (Phi) is 7.29. The Morgan fingerprint density at radius 1 is 1.17 bits per heavy atom. The van der Waals surface area contributed by atoms with Crippen molar-refractivity contribution in [1.82, 2.24) is 14.9 Å². The number of nitrogens with zero attached hydrogens (tertiary/aromatic N) is 3. The Morgan fingerprint density at radius 3 is 2.47 bits per heavy atom. The predicted molar refractivity (Wildman–Crippen MR) is 114 cm³/mol. The number of carbonyl (C=O) groups is 3. The zero-order valence-corrected chi connectivity index (χ0v) is 17.5. The van der Waals surface area contributed by atoms with Gasteiger partial charge in [-0.05, 0) is 31.5 Å². The van der Waals surface area contributed by atoms with Crippen molar-refractivity contribution in [1.29, 1.82) is 0 Å². The highest BCUT2D eigenvalue weighted by Crippen LogP contribution is 2.21. The van der Waals surface area contributed by atoms with Crippen molar-refractivity contribution in [2.45, 2.75) is 26.3 Å². The molecule has 2 aromatic rings. The maximum absolute atomic E-state index is 12.2. The molecule has 6 N–H and O–H groups in total. The van der Waals surface area contributed by atoms with E-state index in [0.717, 1.165) is 0 Å². The van der Waals surface area contributed by atoms with Crippen LogP contribution in [-0.4, -0.2) is 52.7 Å². The Hall–Kier alpha value is -3.69. The zero-order valence-electron chi connectivity index (χ0n) is 17.5. The van der Waals surface area contributed by atoms with Crippen molar-refractivity contribution >= 4 is 35.0 Å². The quantitative estimate of drug-likeness (QED) is 0.483. The number of nitrogens with two attached hydrogens (primary N) is 2. The van der Waals surface area contributed by atoms with Gasteiger partial charge in [-0.2, -0.15) is 0 Å². The van der Waals surface area contributed by atoms with Gasteiger partial charge in [0.15, 0.2) is 11.5 Å². The van der Waals surface area contributed by atoms with Crippen LogP contribution >= 0.6 is 0 Å². The van der Waals surface area contributed by atoms with Gasteiger partial charge in [0.05, 0.1) is 6.20 Å². The van der Waals surface area contributed by atoms with Crippen LogP contribution < -0.4 is 22.1 Å². The number of primary amides is 2. The van der Waals surface area contributed by atoms with E-state index in [2.05, 4.69) is 20.6 Å². The first kappa shape index (κ1) is 22.6. The second-order valence-electron chi connectivity index (χ2n) is 7.31. The summed E-state index contributed by atoms with van der Waals surface area (Å²) in [5.74, 6) is -1.04. The second-order valence-corrected chi connectivity index (χ2v) is 7.31. The Morgan fingerprint density at radius 2 is 1.87 bits per heavy atom. The van der Waals surface area contributed by atoms with Crippen molar-refractivity contribution in [3.05, 3.63) is 41.7 Å². The molecule has 0 aliphatic rings. The minimum atomic E-state index is -0.743. The lowest BCUT2D eigenvalue weighted by Gasteiger charge is -2.18. The van der Waals surface area contributed by atoms with E-state index < -0.39 is 5.91 Å². The fraction of sp³-hybridized carbons (Fsp3) is 0.350. The van der Waals surface area contributed by atoms with Crippen LogP contribution in [0.4, 0.5) is 17.3 Å². The highest BCUT2D eigenvalue weighted by atomic mass is 16.2. The maximum Gasteiger partial charge on any atom is 0.271 e. The minimum Gasteiger partial charge on any atom is -0.369 e. The molecular formula is C20H27N7O3. The highest BCUT2D eigenvalue weighted by Gasteiger charge is 2.17. The van der Waals surface area contributed by atoms with Crippen LogP contribution in [0.2, 0.25) is 0 Å². The van der Waals surface area contributed by atoms with Gasteiger partial charge in [0, 0.05) is 37.3 Å². The van der Waals surface area contributed by atoms with Crippen molar-refractivity contribution < 1.29 is 14.4 Å². The molecule has 0 spiro atoms. The van der Waals surface area contributed by atoms with E-state index >= 15 is 0 Å². The van der Waals surface area contributed by atoms with Gasteiger partial charge >= 0.3 is 0 Å². The molecule has 1 heterocycles. The summed E-state index contributed by atoms with van der Waals surface area (Å²) in [5, 5.41) is 6.13. The molecule has 0 saturated heterocycles. The predicted octanol–water partition coefficient (Wildman–Crippen LogP) is 1.33. The van der Waals surface area contributed by atoms with Crippen LogP contribution in [0.25, 0.3) is 0 Å². The summed E-state index contributed by atoms with van der Waals surface area (Å²) in [5.41, 5.74) is 11.7. The van der Waals surface area contributed by atoms with Gasteiger partial charge in [-0.25, -0.2) is 9.97 Å². The minimum absolute atomic E-state index is 0.0388. The van der Waals surface area contributed by atoms with E-state index in [1.54, 1.807) is 45.3 Å². The molecule has 2 unspecified atom stereocenters. The van der Waals surface area contributed by atoms with Crippen LogP contribution in [-0.2, 0) is 4.79 Å². The summed E-state index contributed by atoms with van der Waals surface area (Å²) >= 11 is 0. The number of hydrogen-bond acceptors (Lipinski definition) is 7. The van der Waals surface area contributed by atoms with Crippen molar-refractivity contribution in [2.75, 3.05) is 24.7 Å². The Balaban J connectivity index is 2.27. The lowest BCUT2D eigenvalue weighted by molar-refractivity contribution is -0.121. The number of benzene rings is 1. The molecule has 0 fully saturated rings. The van der Waals surface area contributed by atoms with E-state index in [0.29, 0.717) is 23.5 Å². The number of hydrogen-bond donors (Lipinski definition) is 4. The fourth-order valence-electron chi connectivity index (χ4n) is 2.81. The molecule has 0 saturated carbocycles. The van der Waals surface area contributed by atoms with Crippen LogP contribution in [0, 0.1) is 5.92 Å². The largest absolute Gasteiger partial charge is 0.369 e. The standard InChI is InChI=1S/C20H27N7O3/c1-11(17(21)28)8-12(2)24-15-10-23-16(18(22)29)19(26-15)25-14-7-5-6-13(9-14)20(30)27(3)4/h5-7,9-12H,8H2,1-4H3,(H2,21,28)(H2,22,29)(H2,24,25,26). The lowest BCUT2D eigenvalue weighted by atomic mass is 10.0. The van der Waals surface area contributed by atoms with Gasteiger partial charge in [0.1, 0.15) is 5.82 Å². The van der Waals surface area contributed by atoms with Gasteiger partial charge in [0.25, 0.3) is 11.8 Å². The highest BCUT2D eigenvalue weighted by molar-refractivity contribution is 5.97. The normalized spacial score (nSPS) is 12.5. The molecule has 160 valence electrons. The molecule has 0 aliphatic heterocycles. The van der Waals surface area contributed by atoms with E-state index in [1.807, 2.05) is 6.92 Å². The molecule has 10 heteroatoms. The Bertz CT molecular complexity index is 946. The molecule has 10 nitrogen and oxygen atoms in total. The number of rotatable bonds is 9. The molecule has 1 aromatic heterocycles. The van der Waals surface area contributed by atoms with Crippen molar-refractivity contribution in [2.24, 2.45) is 17.4 Å². The topological polar surface area (TPSA) is 156 Å². The molecular weight excluding hydrogens is 386 g/mol. The molecule has 0 radical (unpaired) electrons. The third-order valence-electron chi connectivity index (χ3n) is 4.37. The van der Waals surface area contributed by atoms with Crippen LogP contribution in [0.15, 0.2) is 30.5 Å². The maximum atomic E-state index is 12.2. The van der Waals surface area contributed by atoms with Crippen LogP contribution in [0.1, 0.15) is 41.1 Å². The summed E-state index contributed by atoms with van der Waals surface area (Å²) in [6, 6.07) is 6.66. The molecule has 0 bridgehead atoms. The van der Waals surface area contributed by atoms with Gasteiger partial charge in [-0.3, -0.25) is 14.4 Å². The first-order valence-corrected chi connectivity index (χ1v) is 9.40. The van der Waals surface area contributed by atoms with Gasteiger partial charge in [0.2, 0.25) is 5.91 Å². The van der Waals surface area contributed by atoms with Crippen molar-refractivity contribution in [3.8, 4) is 0 Å². The summed E-state index contributed by atoms with van der Waals surface area (Å²) in [4.78, 5) is 45.2. The average Bonchev–Trinajstić information content (AvgIpc) is 2.67. The summed E-state index contributed by atoms with van der Waals surface area (Å²) in [6.07, 6.45) is 1.90. The van der Waals surface area contributed by atoms with E-state index in [9.17, 15) is 14.4 Å². The third-order valence-corrected chi connectivity index (χ3v) is 4.37. The third kappa shape index (κ3) is 5.90. The first-order chi connectivity index (χ1) is 14.1. The number of aromatic nitrogens is 2. The van der Waals surface area contributed by atoms with E-state index in [1.165, 1.54) is 11.1 Å². The zero-order chi connectivity index (χ0) is 22.4.